The van der Waals surface area contributed by atoms with Gasteiger partial charge >= 0.3 is 0 Å². The lowest BCUT2D eigenvalue weighted by atomic mass is 10.1. The first-order chi connectivity index (χ1) is 8.77. The quantitative estimate of drug-likeness (QED) is 0.557. The zero-order valence-corrected chi connectivity index (χ0v) is 11.7. The van der Waals surface area contributed by atoms with Crippen LogP contribution in [0.5, 0.6) is 0 Å². The lowest BCUT2D eigenvalue weighted by molar-refractivity contribution is 0.689. The minimum atomic E-state index is 0.542. The Bertz CT molecular complexity index is 399. The van der Waals surface area contributed by atoms with Crippen molar-refractivity contribution in [2.75, 3.05) is 29.6 Å². The molecule has 0 spiro atoms. The van der Waals surface area contributed by atoms with E-state index in [-0.39, 0.29) is 0 Å². The van der Waals surface area contributed by atoms with Gasteiger partial charge in [-0.25, -0.2) is 0 Å². The number of rotatable bonds is 8. The van der Waals surface area contributed by atoms with E-state index < -0.39 is 0 Å². The van der Waals surface area contributed by atoms with Crippen molar-refractivity contribution in [2.45, 2.75) is 25.7 Å². The van der Waals surface area contributed by atoms with E-state index in [1.807, 2.05) is 23.9 Å². The lowest BCUT2D eigenvalue weighted by Crippen LogP contribution is -2.02. The largest absolute Gasteiger partial charge is 0.398 e. The minimum Gasteiger partial charge on any atom is -0.398 e. The number of hydrogen-bond donors (Lipinski definition) is 2. The Morgan fingerprint density at radius 3 is 2.78 bits per heavy atom. The predicted molar refractivity (Wildman–Crippen MR) is 80.9 cm³/mol. The number of nitriles is 1. The molecule has 0 radical (unpaired) electrons. The van der Waals surface area contributed by atoms with E-state index in [9.17, 15) is 0 Å². The summed E-state index contributed by atoms with van der Waals surface area (Å²) in [6, 6.07) is 7.60. The lowest BCUT2D eigenvalue weighted by Gasteiger charge is -2.07. The normalized spacial score (nSPS) is 10.0. The molecule has 1 rings (SSSR count). The number of anilines is 2. The fraction of sp³-hybridized carbons (Fsp3) is 0.500. The summed E-state index contributed by atoms with van der Waals surface area (Å²) in [4.78, 5) is 0. The molecule has 3 nitrogen and oxygen atoms in total. The summed E-state index contributed by atoms with van der Waals surface area (Å²) in [5, 5.41) is 12.2. The van der Waals surface area contributed by atoms with Gasteiger partial charge in [-0.2, -0.15) is 17.0 Å². The average molecular weight is 263 g/mol. The standard InChI is InChI=1S/C14H21N3S/c1-18-9-5-3-2-4-8-17-13-6-7-14(16)12(10-13)11-15/h6-7,10,17H,2-5,8-9,16H2,1H3. The number of nitrogen functional groups attached to an aromatic ring is 1. The maximum Gasteiger partial charge on any atom is 0.101 e. The zero-order valence-electron chi connectivity index (χ0n) is 10.9. The smallest absolute Gasteiger partial charge is 0.101 e. The van der Waals surface area contributed by atoms with Crippen molar-refractivity contribution in [1.82, 2.24) is 0 Å². The Hall–Kier alpha value is -1.34. The van der Waals surface area contributed by atoms with Crippen molar-refractivity contribution in [3.05, 3.63) is 23.8 Å². The van der Waals surface area contributed by atoms with E-state index in [1.165, 1.54) is 31.4 Å². The number of nitrogens with zero attached hydrogens (tertiary/aromatic N) is 1. The Kier molecular flexibility index (Phi) is 7.12. The fourth-order valence-electron chi connectivity index (χ4n) is 1.72. The highest BCUT2D eigenvalue weighted by Gasteiger charge is 1.99. The van der Waals surface area contributed by atoms with Crippen LogP contribution in [0.2, 0.25) is 0 Å². The highest BCUT2D eigenvalue weighted by Crippen LogP contribution is 2.17. The van der Waals surface area contributed by atoms with Gasteiger partial charge in [0.2, 0.25) is 0 Å². The molecule has 0 aliphatic rings. The molecule has 0 saturated carbocycles. The summed E-state index contributed by atoms with van der Waals surface area (Å²) in [6.45, 7) is 0.952. The number of nitrogens with two attached hydrogens (primary N) is 1. The molecule has 0 aromatic heterocycles. The predicted octanol–water partition coefficient (Wildman–Crippen LogP) is 3.48. The van der Waals surface area contributed by atoms with Crippen LogP contribution in [-0.2, 0) is 0 Å². The molecule has 0 aliphatic heterocycles. The molecule has 1 aromatic rings. The van der Waals surface area contributed by atoms with Gasteiger partial charge in [0.1, 0.15) is 6.07 Å². The Morgan fingerprint density at radius 1 is 1.28 bits per heavy atom. The number of unbranched alkanes of at least 4 members (excludes halogenated alkanes) is 3. The topological polar surface area (TPSA) is 61.8 Å². The molecule has 1 aromatic carbocycles. The maximum absolute atomic E-state index is 8.88. The highest BCUT2D eigenvalue weighted by molar-refractivity contribution is 7.98. The Morgan fingerprint density at radius 2 is 2.06 bits per heavy atom. The SMILES string of the molecule is CSCCCCCCNc1ccc(N)c(C#N)c1. The maximum atomic E-state index is 8.88. The van der Waals surface area contributed by atoms with Gasteiger partial charge in [0.25, 0.3) is 0 Å². The van der Waals surface area contributed by atoms with E-state index >= 15 is 0 Å². The summed E-state index contributed by atoms with van der Waals surface area (Å²) in [7, 11) is 0. The van der Waals surface area contributed by atoms with Gasteiger partial charge in [0.15, 0.2) is 0 Å². The second kappa shape index (κ2) is 8.71. The van der Waals surface area contributed by atoms with Crippen LogP contribution in [-0.4, -0.2) is 18.6 Å². The molecule has 0 fully saturated rings. The van der Waals surface area contributed by atoms with E-state index in [1.54, 1.807) is 6.07 Å². The van der Waals surface area contributed by atoms with Crippen LogP contribution < -0.4 is 11.1 Å². The first-order valence-electron chi connectivity index (χ1n) is 6.30. The van der Waals surface area contributed by atoms with Crippen molar-refractivity contribution in [2.24, 2.45) is 0 Å². The van der Waals surface area contributed by atoms with Crippen molar-refractivity contribution in [3.63, 3.8) is 0 Å². The molecular weight excluding hydrogens is 242 g/mol. The van der Waals surface area contributed by atoms with Crippen LogP contribution in [0.1, 0.15) is 31.2 Å². The van der Waals surface area contributed by atoms with E-state index in [2.05, 4.69) is 17.6 Å². The van der Waals surface area contributed by atoms with Crippen LogP contribution in [0.15, 0.2) is 18.2 Å². The molecule has 4 heteroatoms. The molecule has 98 valence electrons. The molecule has 0 saturated heterocycles. The van der Waals surface area contributed by atoms with E-state index in [0.717, 1.165) is 12.2 Å². The van der Waals surface area contributed by atoms with Gasteiger partial charge in [0, 0.05) is 17.9 Å². The fourth-order valence-corrected chi connectivity index (χ4v) is 2.21. The van der Waals surface area contributed by atoms with E-state index in [0.29, 0.717) is 11.3 Å². The van der Waals surface area contributed by atoms with Gasteiger partial charge in [0.05, 0.1) is 5.56 Å². The zero-order chi connectivity index (χ0) is 13.2. The van der Waals surface area contributed by atoms with Crippen LogP contribution in [0.25, 0.3) is 0 Å². The third-order valence-corrected chi connectivity index (χ3v) is 3.48. The summed E-state index contributed by atoms with van der Waals surface area (Å²) < 4.78 is 0. The first-order valence-corrected chi connectivity index (χ1v) is 7.69. The van der Waals surface area contributed by atoms with Gasteiger partial charge < -0.3 is 11.1 Å². The minimum absolute atomic E-state index is 0.542. The van der Waals surface area contributed by atoms with Crippen LogP contribution in [0.4, 0.5) is 11.4 Å². The Labute approximate surface area is 114 Å². The molecule has 0 amide bonds. The summed E-state index contributed by atoms with van der Waals surface area (Å²) in [5.74, 6) is 1.26. The molecular formula is C14H21N3S. The number of hydrogen-bond acceptors (Lipinski definition) is 4. The van der Waals surface area contributed by atoms with Crippen molar-refractivity contribution in [1.29, 1.82) is 5.26 Å². The first kappa shape index (κ1) is 14.7. The average Bonchev–Trinajstić information content (AvgIpc) is 2.39. The van der Waals surface area contributed by atoms with Crippen molar-refractivity contribution < 1.29 is 0 Å². The molecule has 0 unspecified atom stereocenters. The van der Waals surface area contributed by atoms with Crippen molar-refractivity contribution >= 4 is 23.1 Å². The van der Waals surface area contributed by atoms with Gasteiger partial charge in [-0.05, 0) is 43.0 Å². The number of thioether (sulfide) groups is 1. The van der Waals surface area contributed by atoms with Crippen LogP contribution in [0, 0.1) is 11.3 Å². The second-order valence-electron chi connectivity index (χ2n) is 4.25. The van der Waals surface area contributed by atoms with Crippen LogP contribution >= 0.6 is 11.8 Å². The molecule has 0 aliphatic carbocycles. The third kappa shape index (κ3) is 5.33. The molecule has 3 N–H and O–H groups in total. The second-order valence-corrected chi connectivity index (χ2v) is 5.23. The number of nitrogens with one attached hydrogen (secondary N) is 1. The molecule has 18 heavy (non-hydrogen) atoms. The summed E-state index contributed by atoms with van der Waals surface area (Å²) >= 11 is 1.91. The molecule has 0 atom stereocenters. The summed E-state index contributed by atoms with van der Waals surface area (Å²) in [5.41, 5.74) is 7.73. The summed E-state index contributed by atoms with van der Waals surface area (Å²) in [6.07, 6.45) is 7.18. The van der Waals surface area contributed by atoms with Crippen LogP contribution in [0.3, 0.4) is 0 Å². The third-order valence-electron chi connectivity index (χ3n) is 2.78. The van der Waals surface area contributed by atoms with Gasteiger partial charge in [-0.1, -0.05) is 12.8 Å². The highest BCUT2D eigenvalue weighted by atomic mass is 32.2. The molecule has 0 bridgehead atoms. The van der Waals surface area contributed by atoms with Crippen molar-refractivity contribution in [3.8, 4) is 6.07 Å². The van der Waals surface area contributed by atoms with Gasteiger partial charge in [-0.15, -0.1) is 0 Å². The Balaban J connectivity index is 2.22. The number of benzene rings is 1. The molecule has 0 heterocycles. The monoisotopic (exact) mass is 263 g/mol. The van der Waals surface area contributed by atoms with E-state index in [4.69, 9.17) is 11.0 Å². The van der Waals surface area contributed by atoms with Gasteiger partial charge in [-0.3, -0.25) is 0 Å².